The summed E-state index contributed by atoms with van der Waals surface area (Å²) in [4.78, 5) is 37.6. The first-order valence-electron chi connectivity index (χ1n) is 7.73. The van der Waals surface area contributed by atoms with Crippen molar-refractivity contribution in [3.63, 3.8) is 0 Å². The van der Waals surface area contributed by atoms with Crippen LogP contribution in [0.3, 0.4) is 0 Å². The Morgan fingerprint density at radius 1 is 0.958 bits per heavy atom. The molecule has 0 radical (unpaired) electrons. The first-order chi connectivity index (χ1) is 11.5. The summed E-state index contributed by atoms with van der Waals surface area (Å²) in [6.07, 6.45) is 1.26. The van der Waals surface area contributed by atoms with Crippen LogP contribution in [-0.2, 0) is 14.3 Å². The fourth-order valence-corrected chi connectivity index (χ4v) is 2.59. The Bertz CT molecular complexity index is 602. The molecule has 1 heterocycles. The van der Waals surface area contributed by atoms with Crippen molar-refractivity contribution in [2.45, 2.75) is 25.9 Å². The molecular formula is C17H21NO6. The van der Waals surface area contributed by atoms with E-state index in [2.05, 4.69) is 9.47 Å². The van der Waals surface area contributed by atoms with Gasteiger partial charge in [0.1, 0.15) is 5.75 Å². The van der Waals surface area contributed by atoms with Gasteiger partial charge >= 0.3 is 11.9 Å². The van der Waals surface area contributed by atoms with Gasteiger partial charge < -0.3 is 19.1 Å². The lowest BCUT2D eigenvalue weighted by atomic mass is 10.1. The Morgan fingerprint density at radius 2 is 1.46 bits per heavy atom. The van der Waals surface area contributed by atoms with Gasteiger partial charge in [0.15, 0.2) is 6.10 Å². The summed E-state index contributed by atoms with van der Waals surface area (Å²) in [5.41, 5.74) is 0.299. The second-order valence-electron chi connectivity index (χ2n) is 5.52. The van der Waals surface area contributed by atoms with Crippen molar-refractivity contribution in [1.29, 1.82) is 0 Å². The third-order valence-electron chi connectivity index (χ3n) is 3.83. The van der Waals surface area contributed by atoms with Gasteiger partial charge in [-0.15, -0.1) is 0 Å². The number of carbonyl (C=O) groups is 3. The molecule has 7 nitrogen and oxygen atoms in total. The number of ether oxygens (including phenoxy) is 3. The first-order valence-corrected chi connectivity index (χ1v) is 7.73. The normalized spacial score (nSPS) is 14.9. The fraction of sp³-hybridized carbons (Fsp3) is 0.471. The summed E-state index contributed by atoms with van der Waals surface area (Å²) < 4.78 is 15.0. The monoisotopic (exact) mass is 335 g/mol. The number of hydrogen-bond donors (Lipinski definition) is 0. The molecule has 1 atom stereocenters. The van der Waals surface area contributed by atoms with Crippen LogP contribution in [0.25, 0.3) is 0 Å². The highest BCUT2D eigenvalue weighted by molar-refractivity contribution is 5.96. The average Bonchev–Trinajstić information content (AvgIpc) is 3.13. The van der Waals surface area contributed by atoms with Gasteiger partial charge in [-0.3, -0.25) is 4.79 Å². The molecule has 0 aromatic heterocycles. The van der Waals surface area contributed by atoms with Crippen molar-refractivity contribution in [2.75, 3.05) is 27.3 Å². The highest BCUT2D eigenvalue weighted by Crippen LogP contribution is 2.21. The minimum absolute atomic E-state index is 0.115. The number of rotatable bonds is 5. The van der Waals surface area contributed by atoms with Gasteiger partial charge in [0, 0.05) is 13.1 Å². The van der Waals surface area contributed by atoms with Crippen LogP contribution >= 0.6 is 0 Å². The lowest BCUT2D eigenvalue weighted by molar-refractivity contribution is -0.136. The van der Waals surface area contributed by atoms with Gasteiger partial charge in [-0.2, -0.15) is 0 Å². The SMILES string of the molecule is COC(=O)c1cc(O[C@@H](C)C(=O)N2CCCC2)cc(C(=O)OC)c1. The largest absolute Gasteiger partial charge is 0.481 e. The molecule has 2 rings (SSSR count). The quantitative estimate of drug-likeness (QED) is 0.761. The number of esters is 2. The highest BCUT2D eigenvalue weighted by atomic mass is 16.5. The van der Waals surface area contributed by atoms with Crippen molar-refractivity contribution in [3.05, 3.63) is 29.3 Å². The molecule has 1 aliphatic heterocycles. The van der Waals surface area contributed by atoms with E-state index in [1.807, 2.05) is 0 Å². The van der Waals surface area contributed by atoms with Crippen LogP contribution in [0.2, 0.25) is 0 Å². The Morgan fingerprint density at radius 3 is 1.92 bits per heavy atom. The first kappa shape index (κ1) is 17.8. The lowest BCUT2D eigenvalue weighted by Crippen LogP contribution is -2.38. The number of likely N-dealkylation sites (tertiary alicyclic amines) is 1. The van der Waals surface area contributed by atoms with Gasteiger partial charge in [0.05, 0.1) is 25.3 Å². The maximum Gasteiger partial charge on any atom is 0.338 e. The Balaban J connectivity index is 2.22. The Hall–Kier alpha value is -2.57. The van der Waals surface area contributed by atoms with E-state index in [9.17, 15) is 14.4 Å². The molecule has 1 aromatic rings. The second-order valence-corrected chi connectivity index (χ2v) is 5.52. The van der Waals surface area contributed by atoms with Gasteiger partial charge in [-0.1, -0.05) is 0 Å². The summed E-state index contributed by atoms with van der Waals surface area (Å²) in [6.45, 7) is 3.09. The van der Waals surface area contributed by atoms with E-state index in [1.165, 1.54) is 32.4 Å². The average molecular weight is 335 g/mol. The molecule has 0 spiro atoms. The van der Waals surface area contributed by atoms with Crippen molar-refractivity contribution in [1.82, 2.24) is 4.90 Å². The molecular weight excluding hydrogens is 314 g/mol. The second kappa shape index (κ2) is 7.81. The van der Waals surface area contributed by atoms with Crippen molar-refractivity contribution >= 4 is 17.8 Å². The maximum atomic E-state index is 12.3. The van der Waals surface area contributed by atoms with Crippen LogP contribution in [0.1, 0.15) is 40.5 Å². The summed E-state index contributed by atoms with van der Waals surface area (Å²) in [7, 11) is 2.49. The minimum atomic E-state index is -0.721. The number of hydrogen-bond acceptors (Lipinski definition) is 6. The van der Waals surface area contributed by atoms with E-state index in [1.54, 1.807) is 11.8 Å². The lowest BCUT2D eigenvalue weighted by Gasteiger charge is -2.21. The molecule has 0 saturated carbocycles. The number of amides is 1. The predicted molar refractivity (Wildman–Crippen MR) is 85.0 cm³/mol. The van der Waals surface area contributed by atoms with Crippen LogP contribution in [0.4, 0.5) is 0 Å². The van der Waals surface area contributed by atoms with Crippen molar-refractivity contribution in [3.8, 4) is 5.75 Å². The molecule has 24 heavy (non-hydrogen) atoms. The molecule has 0 aliphatic carbocycles. The van der Waals surface area contributed by atoms with Gasteiger partial charge in [-0.05, 0) is 38.0 Å². The standard InChI is InChI=1S/C17H21NO6/c1-11(15(19)18-6-4-5-7-18)24-14-9-12(16(20)22-2)8-13(10-14)17(21)23-3/h8-11H,4-7H2,1-3H3/t11-/m0/s1. The van der Waals surface area contributed by atoms with E-state index in [0.717, 1.165) is 25.9 Å². The van der Waals surface area contributed by atoms with E-state index in [4.69, 9.17) is 4.74 Å². The van der Waals surface area contributed by atoms with Crippen LogP contribution in [0, 0.1) is 0 Å². The van der Waals surface area contributed by atoms with Gasteiger partial charge in [0.2, 0.25) is 0 Å². The molecule has 1 saturated heterocycles. The summed E-state index contributed by atoms with van der Waals surface area (Å²) >= 11 is 0. The molecule has 0 bridgehead atoms. The van der Waals surface area contributed by atoms with E-state index < -0.39 is 18.0 Å². The van der Waals surface area contributed by atoms with Crippen LogP contribution in [0.15, 0.2) is 18.2 Å². The van der Waals surface area contributed by atoms with E-state index in [0.29, 0.717) is 0 Å². The number of methoxy groups -OCH3 is 2. The molecule has 1 fully saturated rings. The molecule has 1 aromatic carbocycles. The van der Waals surface area contributed by atoms with Gasteiger partial charge in [-0.25, -0.2) is 9.59 Å². The number of nitrogens with zero attached hydrogens (tertiary/aromatic N) is 1. The highest BCUT2D eigenvalue weighted by Gasteiger charge is 2.25. The molecule has 1 amide bonds. The zero-order chi connectivity index (χ0) is 17.7. The number of benzene rings is 1. The summed E-state index contributed by atoms with van der Waals surface area (Å²) in [6, 6.07) is 4.23. The third-order valence-corrected chi connectivity index (χ3v) is 3.83. The van der Waals surface area contributed by atoms with Crippen molar-refractivity contribution < 1.29 is 28.6 Å². The van der Waals surface area contributed by atoms with E-state index >= 15 is 0 Å². The van der Waals surface area contributed by atoms with Crippen LogP contribution in [-0.4, -0.2) is 56.2 Å². The molecule has 0 unspecified atom stereocenters. The zero-order valence-electron chi connectivity index (χ0n) is 14.0. The van der Waals surface area contributed by atoms with E-state index in [-0.39, 0.29) is 22.8 Å². The summed E-state index contributed by atoms with van der Waals surface area (Å²) in [5.74, 6) is -1.10. The molecule has 130 valence electrons. The molecule has 0 N–H and O–H groups in total. The van der Waals surface area contributed by atoms with Gasteiger partial charge in [0.25, 0.3) is 5.91 Å². The predicted octanol–water partition coefficient (Wildman–Crippen LogP) is 1.65. The smallest absolute Gasteiger partial charge is 0.338 e. The Kier molecular flexibility index (Phi) is 5.78. The molecule has 1 aliphatic rings. The molecule has 7 heteroatoms. The third kappa shape index (κ3) is 4.04. The fourth-order valence-electron chi connectivity index (χ4n) is 2.59. The van der Waals surface area contributed by atoms with Crippen LogP contribution in [0.5, 0.6) is 5.75 Å². The van der Waals surface area contributed by atoms with Crippen molar-refractivity contribution in [2.24, 2.45) is 0 Å². The minimum Gasteiger partial charge on any atom is -0.481 e. The number of carbonyl (C=O) groups excluding carboxylic acids is 3. The Labute approximate surface area is 140 Å². The maximum absolute atomic E-state index is 12.3. The van der Waals surface area contributed by atoms with Crippen LogP contribution < -0.4 is 4.74 Å². The summed E-state index contributed by atoms with van der Waals surface area (Å²) in [5, 5.41) is 0. The topological polar surface area (TPSA) is 82.1 Å². The zero-order valence-corrected chi connectivity index (χ0v) is 14.0.